The summed E-state index contributed by atoms with van der Waals surface area (Å²) in [5, 5.41) is 12.8. The van der Waals surface area contributed by atoms with E-state index in [1.165, 1.54) is 16.6 Å². The molecule has 1 amide bonds. The molecular weight excluding hydrogens is 414 g/mol. The van der Waals surface area contributed by atoms with Crippen LogP contribution in [0.5, 0.6) is 0 Å². The third-order valence-electron chi connectivity index (χ3n) is 5.48. The van der Waals surface area contributed by atoms with Gasteiger partial charge in [-0.15, -0.1) is 11.3 Å². The van der Waals surface area contributed by atoms with E-state index in [1.807, 2.05) is 41.4 Å². The summed E-state index contributed by atoms with van der Waals surface area (Å²) in [4.78, 5) is 20.2. The number of amides is 1. The van der Waals surface area contributed by atoms with Crippen LogP contribution in [0, 0.1) is 5.92 Å². The number of aliphatic hydroxyl groups is 1. The van der Waals surface area contributed by atoms with E-state index in [2.05, 4.69) is 35.0 Å². The first-order valence-corrected chi connectivity index (χ1v) is 12.0. The number of hydrogen-bond acceptors (Lipinski definition) is 6. The molecule has 158 valence electrons. The minimum atomic E-state index is -0.628. The van der Waals surface area contributed by atoms with Crippen molar-refractivity contribution >= 4 is 45.1 Å². The maximum atomic E-state index is 12.8. The maximum Gasteiger partial charge on any atom is 0.253 e. The highest BCUT2D eigenvalue weighted by Crippen LogP contribution is 2.33. The summed E-state index contributed by atoms with van der Waals surface area (Å²) in [6.07, 6.45) is 3.90. The molecule has 3 aromatic rings. The van der Waals surface area contributed by atoms with E-state index in [0.29, 0.717) is 37.4 Å². The quantitative estimate of drug-likeness (QED) is 0.500. The number of carbonyl (C=O) groups is 1. The van der Waals surface area contributed by atoms with Crippen molar-refractivity contribution in [2.75, 3.05) is 17.8 Å². The standard InChI is InChI=1S/C23H27N3O2S2/c1-16(2)14-23(28)9-12-26(13-10-23)22(27)17-5-7-18(8-6-17)25-30-20-15-29-19-4-3-11-24-21(19)20/h3-8,11,15-16,25,28H,9-10,12-14H2,1-2H3. The Kier molecular flexibility index (Phi) is 6.32. The molecule has 0 bridgehead atoms. The molecule has 1 saturated heterocycles. The van der Waals surface area contributed by atoms with E-state index in [-0.39, 0.29) is 5.91 Å². The Labute approximate surface area is 185 Å². The van der Waals surface area contributed by atoms with Crippen LogP contribution in [0.2, 0.25) is 0 Å². The molecule has 30 heavy (non-hydrogen) atoms. The Hall–Kier alpha value is -2.09. The van der Waals surface area contributed by atoms with Gasteiger partial charge in [0.25, 0.3) is 5.91 Å². The summed E-state index contributed by atoms with van der Waals surface area (Å²) in [6.45, 7) is 5.47. The van der Waals surface area contributed by atoms with Crippen LogP contribution in [0.15, 0.2) is 52.9 Å². The van der Waals surface area contributed by atoms with Crippen LogP contribution in [0.1, 0.15) is 43.5 Å². The molecule has 1 fully saturated rings. The van der Waals surface area contributed by atoms with Crippen molar-refractivity contribution in [3.05, 3.63) is 53.5 Å². The fourth-order valence-electron chi connectivity index (χ4n) is 3.98. The predicted molar refractivity (Wildman–Crippen MR) is 125 cm³/mol. The summed E-state index contributed by atoms with van der Waals surface area (Å²) in [6, 6.07) is 11.6. The van der Waals surface area contributed by atoms with Gasteiger partial charge in [-0.3, -0.25) is 9.78 Å². The fraction of sp³-hybridized carbons (Fsp3) is 0.391. The Bertz CT molecular complexity index is 1010. The van der Waals surface area contributed by atoms with Gasteiger partial charge in [-0.1, -0.05) is 13.8 Å². The number of anilines is 1. The Morgan fingerprint density at radius 3 is 2.70 bits per heavy atom. The first-order chi connectivity index (χ1) is 14.4. The van der Waals surface area contributed by atoms with E-state index in [0.717, 1.165) is 22.5 Å². The Morgan fingerprint density at radius 2 is 2.00 bits per heavy atom. The molecule has 2 N–H and O–H groups in total. The highest BCUT2D eigenvalue weighted by Gasteiger charge is 2.34. The maximum absolute atomic E-state index is 12.8. The number of benzene rings is 1. The fourth-order valence-corrected chi connectivity index (χ4v) is 5.79. The number of likely N-dealkylation sites (tertiary alicyclic amines) is 1. The number of rotatable bonds is 6. The molecule has 1 aliphatic heterocycles. The minimum absolute atomic E-state index is 0.0360. The Balaban J connectivity index is 1.34. The second kappa shape index (κ2) is 8.96. The van der Waals surface area contributed by atoms with Crippen molar-refractivity contribution in [2.24, 2.45) is 5.92 Å². The molecule has 1 aliphatic rings. The Morgan fingerprint density at radius 1 is 1.27 bits per heavy atom. The van der Waals surface area contributed by atoms with Gasteiger partial charge in [0.15, 0.2) is 0 Å². The monoisotopic (exact) mass is 441 g/mol. The van der Waals surface area contributed by atoms with Crippen molar-refractivity contribution in [3.8, 4) is 0 Å². The molecule has 5 nitrogen and oxygen atoms in total. The number of thiophene rings is 1. The summed E-state index contributed by atoms with van der Waals surface area (Å²) in [5.74, 6) is 0.492. The van der Waals surface area contributed by atoms with Gasteiger partial charge in [-0.2, -0.15) is 0 Å². The van der Waals surface area contributed by atoms with Crippen LogP contribution in [0.25, 0.3) is 10.2 Å². The number of fused-ring (bicyclic) bond motifs is 1. The number of pyridine rings is 1. The lowest BCUT2D eigenvalue weighted by Gasteiger charge is -2.39. The van der Waals surface area contributed by atoms with E-state index < -0.39 is 5.60 Å². The van der Waals surface area contributed by atoms with Gasteiger partial charge >= 0.3 is 0 Å². The number of piperidine rings is 1. The van der Waals surface area contributed by atoms with Gasteiger partial charge in [0.2, 0.25) is 0 Å². The summed E-state index contributed by atoms with van der Waals surface area (Å²) in [7, 11) is 0. The van der Waals surface area contributed by atoms with Crippen LogP contribution in [0.4, 0.5) is 5.69 Å². The molecule has 0 atom stereocenters. The van der Waals surface area contributed by atoms with Gasteiger partial charge in [0.05, 0.1) is 20.7 Å². The number of nitrogens with one attached hydrogen (secondary N) is 1. The molecule has 0 radical (unpaired) electrons. The molecule has 0 aliphatic carbocycles. The first-order valence-electron chi connectivity index (χ1n) is 10.3. The molecule has 0 unspecified atom stereocenters. The van der Waals surface area contributed by atoms with E-state index in [1.54, 1.807) is 11.3 Å². The first kappa shape index (κ1) is 21.2. The molecule has 2 aromatic heterocycles. The van der Waals surface area contributed by atoms with Crippen LogP contribution in [-0.4, -0.2) is 39.6 Å². The lowest BCUT2D eigenvalue weighted by atomic mass is 9.84. The largest absolute Gasteiger partial charge is 0.390 e. The third kappa shape index (κ3) is 4.79. The second-order valence-electron chi connectivity index (χ2n) is 8.35. The molecule has 1 aromatic carbocycles. The zero-order valence-electron chi connectivity index (χ0n) is 17.3. The molecule has 0 saturated carbocycles. The van der Waals surface area contributed by atoms with Gasteiger partial charge in [0.1, 0.15) is 0 Å². The zero-order valence-corrected chi connectivity index (χ0v) is 18.9. The number of aromatic nitrogens is 1. The van der Waals surface area contributed by atoms with Crippen LogP contribution in [-0.2, 0) is 0 Å². The number of carbonyl (C=O) groups excluding carboxylic acids is 1. The van der Waals surface area contributed by atoms with Crippen molar-refractivity contribution in [2.45, 2.75) is 43.6 Å². The molecule has 4 rings (SSSR count). The lowest BCUT2D eigenvalue weighted by molar-refractivity contribution is -0.0311. The van der Waals surface area contributed by atoms with Gasteiger partial charge < -0.3 is 14.7 Å². The van der Waals surface area contributed by atoms with Crippen LogP contribution >= 0.6 is 23.3 Å². The minimum Gasteiger partial charge on any atom is -0.390 e. The van der Waals surface area contributed by atoms with E-state index in [4.69, 9.17) is 0 Å². The molecule has 0 spiro atoms. The molecular formula is C23H27N3O2S2. The average Bonchev–Trinajstić information content (AvgIpc) is 3.15. The predicted octanol–water partition coefficient (Wildman–Crippen LogP) is 5.43. The topological polar surface area (TPSA) is 65.5 Å². The van der Waals surface area contributed by atoms with Crippen molar-refractivity contribution in [1.82, 2.24) is 9.88 Å². The SMILES string of the molecule is CC(C)CC1(O)CCN(C(=O)c2ccc(NSc3csc4cccnc34)cc2)CC1. The summed E-state index contributed by atoms with van der Waals surface area (Å²) < 4.78 is 4.51. The van der Waals surface area contributed by atoms with Crippen LogP contribution < -0.4 is 4.72 Å². The summed E-state index contributed by atoms with van der Waals surface area (Å²) >= 11 is 3.21. The van der Waals surface area contributed by atoms with Crippen molar-refractivity contribution in [3.63, 3.8) is 0 Å². The van der Waals surface area contributed by atoms with Gasteiger partial charge in [-0.25, -0.2) is 0 Å². The van der Waals surface area contributed by atoms with Crippen molar-refractivity contribution in [1.29, 1.82) is 0 Å². The normalized spacial score (nSPS) is 16.2. The highest BCUT2D eigenvalue weighted by atomic mass is 32.2. The van der Waals surface area contributed by atoms with Crippen molar-refractivity contribution < 1.29 is 9.90 Å². The van der Waals surface area contributed by atoms with Gasteiger partial charge in [-0.05, 0) is 73.5 Å². The van der Waals surface area contributed by atoms with E-state index in [9.17, 15) is 9.90 Å². The van der Waals surface area contributed by atoms with Crippen LogP contribution in [0.3, 0.4) is 0 Å². The van der Waals surface area contributed by atoms with E-state index >= 15 is 0 Å². The average molecular weight is 442 g/mol. The van der Waals surface area contributed by atoms with Gasteiger partial charge in [0, 0.05) is 35.9 Å². The third-order valence-corrected chi connectivity index (χ3v) is 7.43. The highest BCUT2D eigenvalue weighted by molar-refractivity contribution is 8.01. The summed E-state index contributed by atoms with van der Waals surface area (Å²) in [5.41, 5.74) is 2.00. The smallest absolute Gasteiger partial charge is 0.253 e. The zero-order chi connectivity index (χ0) is 21.1. The second-order valence-corrected chi connectivity index (χ2v) is 10.1. The molecule has 7 heteroatoms. The number of nitrogens with zero attached hydrogens (tertiary/aromatic N) is 2. The number of hydrogen-bond donors (Lipinski definition) is 2. The molecule has 3 heterocycles. The lowest BCUT2D eigenvalue weighted by Crippen LogP contribution is -2.47.